The number of benzene rings is 1. The van der Waals surface area contributed by atoms with E-state index in [-0.39, 0.29) is 5.91 Å². The molecule has 106 valence electrons. The van der Waals surface area contributed by atoms with E-state index in [1.54, 1.807) is 12.1 Å². The summed E-state index contributed by atoms with van der Waals surface area (Å²) in [5, 5.41) is 2.83. The van der Waals surface area contributed by atoms with Crippen molar-refractivity contribution in [1.82, 2.24) is 5.32 Å². The van der Waals surface area contributed by atoms with Gasteiger partial charge < -0.3 is 15.8 Å². The largest absolute Gasteiger partial charge is 0.398 e. The smallest absolute Gasteiger partial charge is 0.251 e. The quantitative estimate of drug-likeness (QED) is 0.623. The van der Waals surface area contributed by atoms with Crippen molar-refractivity contribution in [3.63, 3.8) is 0 Å². The van der Waals surface area contributed by atoms with Crippen molar-refractivity contribution >= 4 is 27.5 Å². The summed E-state index contributed by atoms with van der Waals surface area (Å²) < 4.78 is 6.21. The van der Waals surface area contributed by atoms with Crippen molar-refractivity contribution in [2.24, 2.45) is 5.92 Å². The van der Waals surface area contributed by atoms with Crippen LogP contribution in [0.4, 0.5) is 5.69 Å². The minimum Gasteiger partial charge on any atom is -0.398 e. The SMILES string of the molecule is Cc1c(N)cc(Br)cc1C(=O)NCCOCC(C)C. The van der Waals surface area contributed by atoms with Crippen LogP contribution >= 0.6 is 15.9 Å². The van der Waals surface area contributed by atoms with E-state index in [1.165, 1.54) is 0 Å². The number of nitrogens with two attached hydrogens (primary N) is 1. The van der Waals surface area contributed by atoms with Gasteiger partial charge in [-0.15, -0.1) is 0 Å². The number of hydrogen-bond acceptors (Lipinski definition) is 3. The number of halogens is 1. The van der Waals surface area contributed by atoms with Crippen molar-refractivity contribution in [2.45, 2.75) is 20.8 Å². The fraction of sp³-hybridized carbons (Fsp3) is 0.500. The normalized spacial score (nSPS) is 10.8. The molecule has 5 heteroatoms. The summed E-state index contributed by atoms with van der Waals surface area (Å²) in [6.45, 7) is 7.74. The highest BCUT2D eigenvalue weighted by atomic mass is 79.9. The number of nitrogen functional groups attached to an aromatic ring is 1. The first kappa shape index (κ1) is 16.0. The maximum absolute atomic E-state index is 12.0. The molecular formula is C14H21BrN2O2. The molecule has 0 saturated carbocycles. The zero-order chi connectivity index (χ0) is 14.4. The molecule has 0 heterocycles. The molecule has 3 N–H and O–H groups in total. The number of carbonyl (C=O) groups excluding carboxylic acids is 1. The lowest BCUT2D eigenvalue weighted by atomic mass is 10.1. The molecule has 4 nitrogen and oxygen atoms in total. The Morgan fingerprint density at radius 1 is 1.47 bits per heavy atom. The fourth-order valence-corrected chi connectivity index (χ4v) is 2.06. The molecule has 0 atom stereocenters. The molecule has 0 radical (unpaired) electrons. The molecule has 0 aliphatic heterocycles. The third-order valence-electron chi connectivity index (χ3n) is 2.64. The van der Waals surface area contributed by atoms with Gasteiger partial charge in [-0.3, -0.25) is 4.79 Å². The molecule has 1 aromatic carbocycles. The number of rotatable bonds is 6. The zero-order valence-electron chi connectivity index (χ0n) is 11.6. The molecule has 1 rings (SSSR count). The Balaban J connectivity index is 2.50. The summed E-state index contributed by atoms with van der Waals surface area (Å²) in [4.78, 5) is 12.0. The highest BCUT2D eigenvalue weighted by molar-refractivity contribution is 9.10. The number of hydrogen-bond donors (Lipinski definition) is 2. The Morgan fingerprint density at radius 3 is 2.79 bits per heavy atom. The highest BCUT2D eigenvalue weighted by Crippen LogP contribution is 2.22. The van der Waals surface area contributed by atoms with Crippen molar-refractivity contribution in [3.05, 3.63) is 27.7 Å². The van der Waals surface area contributed by atoms with Crippen LogP contribution in [0.1, 0.15) is 29.8 Å². The molecule has 0 unspecified atom stereocenters. The monoisotopic (exact) mass is 328 g/mol. The van der Waals surface area contributed by atoms with Crippen molar-refractivity contribution in [3.8, 4) is 0 Å². The van der Waals surface area contributed by atoms with Gasteiger partial charge in [0, 0.05) is 28.9 Å². The predicted molar refractivity (Wildman–Crippen MR) is 81.3 cm³/mol. The van der Waals surface area contributed by atoms with Crippen LogP contribution < -0.4 is 11.1 Å². The molecule has 1 aromatic rings. The van der Waals surface area contributed by atoms with Crippen molar-refractivity contribution in [1.29, 1.82) is 0 Å². The molecule has 0 aliphatic carbocycles. The summed E-state index contributed by atoms with van der Waals surface area (Å²) in [6, 6.07) is 3.56. The van der Waals surface area contributed by atoms with Gasteiger partial charge in [-0.2, -0.15) is 0 Å². The van der Waals surface area contributed by atoms with Crippen molar-refractivity contribution < 1.29 is 9.53 Å². The van der Waals surface area contributed by atoms with Crippen LogP contribution in [0, 0.1) is 12.8 Å². The van der Waals surface area contributed by atoms with Gasteiger partial charge in [0.05, 0.1) is 6.61 Å². The van der Waals surface area contributed by atoms with Gasteiger partial charge in [-0.05, 0) is 30.5 Å². The third kappa shape index (κ3) is 5.20. The minimum atomic E-state index is -0.126. The van der Waals surface area contributed by atoms with E-state index in [2.05, 4.69) is 35.1 Å². The summed E-state index contributed by atoms with van der Waals surface area (Å²) >= 11 is 3.34. The molecule has 0 spiro atoms. The fourth-order valence-electron chi connectivity index (χ4n) is 1.59. The molecular weight excluding hydrogens is 308 g/mol. The lowest BCUT2D eigenvalue weighted by molar-refractivity contribution is 0.0886. The average molecular weight is 329 g/mol. The van der Waals surface area contributed by atoms with Crippen LogP contribution in [0.15, 0.2) is 16.6 Å². The van der Waals surface area contributed by atoms with Gasteiger partial charge in [0.1, 0.15) is 0 Å². The van der Waals surface area contributed by atoms with E-state index in [9.17, 15) is 4.79 Å². The zero-order valence-corrected chi connectivity index (χ0v) is 13.2. The first-order valence-corrected chi connectivity index (χ1v) is 7.12. The molecule has 19 heavy (non-hydrogen) atoms. The number of anilines is 1. The second kappa shape index (κ2) is 7.50. The maximum atomic E-state index is 12.0. The van der Waals surface area contributed by atoms with Crippen LogP contribution in [0.25, 0.3) is 0 Å². The van der Waals surface area contributed by atoms with Crippen LogP contribution in [0.2, 0.25) is 0 Å². The van der Waals surface area contributed by atoms with E-state index in [4.69, 9.17) is 10.5 Å². The van der Waals surface area contributed by atoms with Gasteiger partial charge in [-0.25, -0.2) is 0 Å². The average Bonchev–Trinajstić information content (AvgIpc) is 2.32. The topological polar surface area (TPSA) is 64.4 Å². The van der Waals surface area contributed by atoms with Gasteiger partial charge in [0.2, 0.25) is 0 Å². The van der Waals surface area contributed by atoms with Crippen LogP contribution in [-0.4, -0.2) is 25.7 Å². The molecule has 0 aromatic heterocycles. The molecule has 0 saturated heterocycles. The van der Waals surface area contributed by atoms with E-state index < -0.39 is 0 Å². The standard InChI is InChI=1S/C14H21BrN2O2/c1-9(2)8-19-5-4-17-14(18)12-6-11(15)7-13(16)10(12)3/h6-7,9H,4-5,8,16H2,1-3H3,(H,17,18). The number of ether oxygens (including phenoxy) is 1. The Hall–Kier alpha value is -1.07. The number of amides is 1. The molecule has 0 aliphatic rings. The second-order valence-electron chi connectivity index (χ2n) is 4.89. The lowest BCUT2D eigenvalue weighted by Crippen LogP contribution is -2.28. The maximum Gasteiger partial charge on any atom is 0.251 e. The Morgan fingerprint density at radius 2 is 2.16 bits per heavy atom. The van der Waals surface area contributed by atoms with E-state index in [0.717, 1.165) is 10.0 Å². The molecule has 0 fully saturated rings. The first-order valence-electron chi connectivity index (χ1n) is 6.33. The van der Waals surface area contributed by atoms with Crippen molar-refractivity contribution in [2.75, 3.05) is 25.5 Å². The van der Waals surface area contributed by atoms with Crippen LogP contribution in [-0.2, 0) is 4.74 Å². The molecule has 1 amide bonds. The number of carbonyl (C=O) groups is 1. The Bertz CT molecular complexity index is 447. The minimum absolute atomic E-state index is 0.126. The van der Waals surface area contributed by atoms with E-state index >= 15 is 0 Å². The van der Waals surface area contributed by atoms with Gasteiger partial charge in [0.25, 0.3) is 5.91 Å². The van der Waals surface area contributed by atoms with Crippen LogP contribution in [0.5, 0.6) is 0 Å². The second-order valence-corrected chi connectivity index (χ2v) is 5.81. The summed E-state index contributed by atoms with van der Waals surface area (Å²) in [6.07, 6.45) is 0. The van der Waals surface area contributed by atoms with Gasteiger partial charge in [-0.1, -0.05) is 29.8 Å². The molecule has 0 bridgehead atoms. The van der Waals surface area contributed by atoms with E-state index in [1.807, 2.05) is 6.92 Å². The highest BCUT2D eigenvalue weighted by Gasteiger charge is 2.11. The summed E-state index contributed by atoms with van der Waals surface area (Å²) in [5.74, 6) is 0.376. The third-order valence-corrected chi connectivity index (χ3v) is 3.10. The Labute approximate surface area is 122 Å². The summed E-state index contributed by atoms with van der Waals surface area (Å²) in [7, 11) is 0. The predicted octanol–water partition coefficient (Wildman–Crippen LogP) is 2.74. The van der Waals surface area contributed by atoms with Crippen LogP contribution in [0.3, 0.4) is 0 Å². The Kier molecular flexibility index (Phi) is 6.31. The van der Waals surface area contributed by atoms with E-state index in [0.29, 0.717) is 36.9 Å². The van der Waals surface area contributed by atoms with Gasteiger partial charge in [0.15, 0.2) is 0 Å². The lowest BCUT2D eigenvalue weighted by Gasteiger charge is -2.11. The number of nitrogens with one attached hydrogen (secondary N) is 1. The first-order chi connectivity index (χ1) is 8.91. The van der Waals surface area contributed by atoms with Gasteiger partial charge >= 0.3 is 0 Å². The summed E-state index contributed by atoms with van der Waals surface area (Å²) in [5.41, 5.74) is 7.83.